The molecular formula is C18H25BrFN3O2. The molecule has 0 aromatic carbocycles. The predicted octanol–water partition coefficient (Wildman–Crippen LogP) is 3.38. The summed E-state index contributed by atoms with van der Waals surface area (Å²) in [5, 5.41) is 5.86. The van der Waals surface area contributed by atoms with Crippen LogP contribution in [0.1, 0.15) is 44.1 Å². The van der Waals surface area contributed by atoms with Crippen LogP contribution in [0.3, 0.4) is 0 Å². The Bertz CT molecular complexity index is 616. The number of hydrogen-bond acceptors (Lipinski definition) is 4. The van der Waals surface area contributed by atoms with Gasteiger partial charge in [-0.15, -0.1) is 0 Å². The zero-order valence-corrected chi connectivity index (χ0v) is 15.9. The number of alkyl halides is 1. The van der Waals surface area contributed by atoms with Crippen LogP contribution in [0.5, 0.6) is 0 Å². The predicted molar refractivity (Wildman–Crippen MR) is 98.4 cm³/mol. The van der Waals surface area contributed by atoms with E-state index in [-0.39, 0.29) is 25.5 Å². The van der Waals surface area contributed by atoms with Gasteiger partial charge in [-0.3, -0.25) is 4.79 Å². The largest absolute Gasteiger partial charge is 0.378 e. The van der Waals surface area contributed by atoms with Crippen molar-refractivity contribution in [1.29, 1.82) is 0 Å². The molecule has 0 radical (unpaired) electrons. The first-order valence-corrected chi connectivity index (χ1v) is 9.81. The number of rotatable bonds is 0. The van der Waals surface area contributed by atoms with Gasteiger partial charge < -0.3 is 15.4 Å². The van der Waals surface area contributed by atoms with Gasteiger partial charge in [-0.2, -0.15) is 0 Å². The average molecular weight is 414 g/mol. The van der Waals surface area contributed by atoms with Crippen molar-refractivity contribution in [3.63, 3.8) is 0 Å². The SMILES string of the molecule is O=C1Nc2nc(Br)ccc2CCCCCCCOC[C@]2(F)CN[C@H]1C2. The fourth-order valence-corrected chi connectivity index (χ4v) is 3.70. The zero-order valence-electron chi connectivity index (χ0n) is 14.3. The molecule has 0 unspecified atom stereocenters. The summed E-state index contributed by atoms with van der Waals surface area (Å²) in [6.45, 7) is 0.775. The highest BCUT2D eigenvalue weighted by Gasteiger charge is 2.42. The molecule has 0 aliphatic carbocycles. The van der Waals surface area contributed by atoms with Crippen molar-refractivity contribution in [3.8, 4) is 0 Å². The van der Waals surface area contributed by atoms with Crippen LogP contribution in [-0.4, -0.2) is 42.4 Å². The first-order chi connectivity index (χ1) is 12.1. The van der Waals surface area contributed by atoms with Gasteiger partial charge in [0.15, 0.2) is 0 Å². The van der Waals surface area contributed by atoms with Gasteiger partial charge >= 0.3 is 0 Å². The van der Waals surface area contributed by atoms with Crippen LogP contribution >= 0.6 is 15.9 Å². The number of nitrogens with zero attached hydrogens (tertiary/aromatic N) is 1. The Morgan fingerprint density at radius 2 is 2.04 bits per heavy atom. The van der Waals surface area contributed by atoms with Crippen molar-refractivity contribution >= 4 is 27.7 Å². The Morgan fingerprint density at radius 1 is 1.24 bits per heavy atom. The highest BCUT2D eigenvalue weighted by molar-refractivity contribution is 9.10. The van der Waals surface area contributed by atoms with Crippen LogP contribution in [0, 0.1) is 0 Å². The van der Waals surface area contributed by atoms with Crippen LogP contribution in [0.4, 0.5) is 10.2 Å². The summed E-state index contributed by atoms with van der Waals surface area (Å²) in [4.78, 5) is 17.0. The molecule has 1 saturated heterocycles. The second-order valence-electron chi connectivity index (χ2n) is 6.99. The van der Waals surface area contributed by atoms with Crippen molar-refractivity contribution in [2.75, 3.05) is 25.1 Å². The van der Waals surface area contributed by atoms with E-state index in [4.69, 9.17) is 4.74 Å². The molecule has 7 heteroatoms. The molecule has 1 aromatic heterocycles. The molecule has 25 heavy (non-hydrogen) atoms. The van der Waals surface area contributed by atoms with Crippen LogP contribution < -0.4 is 10.6 Å². The minimum Gasteiger partial charge on any atom is -0.378 e. The molecule has 3 heterocycles. The fraction of sp³-hybridized carbons (Fsp3) is 0.667. The molecule has 2 aliphatic rings. The van der Waals surface area contributed by atoms with E-state index in [2.05, 4.69) is 31.5 Å². The van der Waals surface area contributed by atoms with Crippen LogP contribution in [-0.2, 0) is 16.0 Å². The Labute approximate surface area is 156 Å². The summed E-state index contributed by atoms with van der Waals surface area (Å²) in [6, 6.07) is 3.32. The van der Waals surface area contributed by atoms with E-state index in [0.717, 1.165) is 44.1 Å². The lowest BCUT2D eigenvalue weighted by molar-refractivity contribution is -0.118. The summed E-state index contributed by atoms with van der Waals surface area (Å²) in [5.41, 5.74) is -0.455. The Kier molecular flexibility index (Phi) is 6.41. The summed E-state index contributed by atoms with van der Waals surface area (Å²) in [7, 11) is 0. The fourth-order valence-electron chi connectivity index (χ4n) is 3.39. The van der Waals surface area contributed by atoms with Crippen molar-refractivity contribution in [1.82, 2.24) is 10.3 Å². The number of aryl methyl sites for hydroxylation is 1. The number of carbonyl (C=O) groups is 1. The molecule has 1 fully saturated rings. The molecule has 2 atom stereocenters. The average Bonchev–Trinajstić information content (AvgIpc) is 2.97. The number of pyridine rings is 1. The number of amides is 1. The molecule has 1 amide bonds. The van der Waals surface area contributed by atoms with Gasteiger partial charge in [-0.05, 0) is 46.8 Å². The van der Waals surface area contributed by atoms with Gasteiger partial charge in [0.2, 0.25) is 5.91 Å². The lowest BCUT2D eigenvalue weighted by Gasteiger charge is -2.19. The number of ether oxygens (including phenoxy) is 1. The highest BCUT2D eigenvalue weighted by Crippen LogP contribution is 2.26. The highest BCUT2D eigenvalue weighted by atomic mass is 79.9. The number of halogens is 2. The Hall–Kier alpha value is -1.05. The molecule has 3 rings (SSSR count). The molecule has 2 N–H and O–H groups in total. The van der Waals surface area contributed by atoms with Crippen LogP contribution in [0.2, 0.25) is 0 Å². The smallest absolute Gasteiger partial charge is 0.242 e. The third-order valence-corrected chi connectivity index (χ3v) is 5.28. The first-order valence-electron chi connectivity index (χ1n) is 9.02. The van der Waals surface area contributed by atoms with E-state index >= 15 is 0 Å². The van der Waals surface area contributed by atoms with E-state index < -0.39 is 11.7 Å². The third kappa shape index (κ3) is 5.21. The standard InChI is InChI=1S/C18H25BrFN3O2/c19-15-8-7-13-6-4-2-1-3-5-9-25-12-18(20)10-14(21-11-18)17(24)23-16(13)22-15/h7-8,14,21H,1-6,9-12H2,(H,22,23,24)/t14-,18+/m0/s1. The summed E-state index contributed by atoms with van der Waals surface area (Å²) < 4.78 is 21.0. The quantitative estimate of drug-likeness (QED) is 0.639. The minimum absolute atomic E-state index is 0.0458. The van der Waals surface area contributed by atoms with Crippen molar-refractivity contribution in [3.05, 3.63) is 22.3 Å². The number of hydrogen-bond donors (Lipinski definition) is 2. The van der Waals surface area contributed by atoms with Gasteiger partial charge in [0.25, 0.3) is 0 Å². The third-order valence-electron chi connectivity index (χ3n) is 4.83. The van der Waals surface area contributed by atoms with E-state index in [1.165, 1.54) is 0 Å². The van der Waals surface area contributed by atoms with E-state index in [1.54, 1.807) is 0 Å². The van der Waals surface area contributed by atoms with Gasteiger partial charge in [-0.1, -0.05) is 25.3 Å². The van der Waals surface area contributed by atoms with Crippen molar-refractivity contribution in [2.45, 2.75) is 56.7 Å². The van der Waals surface area contributed by atoms with Crippen molar-refractivity contribution in [2.24, 2.45) is 0 Å². The van der Waals surface area contributed by atoms with Gasteiger partial charge in [0.05, 0.1) is 12.6 Å². The van der Waals surface area contributed by atoms with E-state index in [9.17, 15) is 9.18 Å². The van der Waals surface area contributed by atoms with Gasteiger partial charge in [0.1, 0.15) is 16.1 Å². The molecule has 0 spiro atoms. The lowest BCUT2D eigenvalue weighted by atomic mass is 10.0. The van der Waals surface area contributed by atoms with Crippen LogP contribution in [0.15, 0.2) is 16.7 Å². The lowest BCUT2D eigenvalue weighted by Crippen LogP contribution is -2.36. The maximum atomic E-state index is 14.8. The number of fused-ring (bicyclic) bond motifs is 3. The first kappa shape index (κ1) is 18.7. The Morgan fingerprint density at radius 3 is 2.92 bits per heavy atom. The molecule has 0 saturated carbocycles. The summed E-state index contributed by atoms with van der Waals surface area (Å²) in [6.07, 6.45) is 6.38. The van der Waals surface area contributed by atoms with E-state index in [1.807, 2.05) is 12.1 Å². The maximum Gasteiger partial charge on any atom is 0.242 e. The van der Waals surface area contributed by atoms with Crippen LogP contribution in [0.25, 0.3) is 0 Å². The number of carbonyl (C=O) groups excluding carboxylic acids is 1. The second-order valence-corrected chi connectivity index (χ2v) is 7.80. The molecule has 138 valence electrons. The summed E-state index contributed by atoms with van der Waals surface area (Å²) in [5.74, 6) is 0.333. The van der Waals surface area contributed by atoms with Crippen molar-refractivity contribution < 1.29 is 13.9 Å². The van der Waals surface area contributed by atoms with E-state index in [0.29, 0.717) is 17.0 Å². The zero-order chi connectivity index (χ0) is 17.7. The molecular weight excluding hydrogens is 389 g/mol. The number of anilines is 1. The molecule has 2 bridgehead atoms. The summed E-state index contributed by atoms with van der Waals surface area (Å²) >= 11 is 3.35. The topological polar surface area (TPSA) is 63.2 Å². The van der Waals surface area contributed by atoms with Gasteiger partial charge in [0, 0.05) is 19.6 Å². The molecule has 5 nitrogen and oxygen atoms in total. The molecule has 1 aromatic rings. The monoisotopic (exact) mass is 413 g/mol. The molecule has 2 aliphatic heterocycles. The van der Waals surface area contributed by atoms with Gasteiger partial charge in [-0.25, -0.2) is 9.37 Å². The second kappa shape index (κ2) is 8.56. The number of nitrogens with one attached hydrogen (secondary N) is 2. The maximum absolute atomic E-state index is 14.8. The Balaban J connectivity index is 1.75. The minimum atomic E-state index is -1.48. The number of aromatic nitrogens is 1. The normalized spacial score (nSPS) is 29.0.